The number of aliphatic hydroxyl groups excluding tert-OH is 3. The Labute approximate surface area is 123 Å². The van der Waals surface area contributed by atoms with Gasteiger partial charge in [0, 0.05) is 18.6 Å². The fourth-order valence-corrected chi connectivity index (χ4v) is 3.60. The van der Waals surface area contributed by atoms with Gasteiger partial charge in [0.05, 0.1) is 19.8 Å². The van der Waals surface area contributed by atoms with E-state index in [1.807, 2.05) is 0 Å². The molecule has 0 aliphatic heterocycles. The van der Waals surface area contributed by atoms with Gasteiger partial charge in [-0.15, -0.1) is 0 Å². The first kappa shape index (κ1) is 17.9. The highest BCUT2D eigenvalue weighted by molar-refractivity contribution is 4.83. The van der Waals surface area contributed by atoms with Gasteiger partial charge in [-0.3, -0.25) is 4.90 Å². The predicted molar refractivity (Wildman–Crippen MR) is 81.7 cm³/mol. The molecule has 2 fully saturated rings. The molecule has 0 heterocycles. The van der Waals surface area contributed by atoms with Crippen LogP contribution in [0.2, 0.25) is 0 Å². The molecule has 2 aliphatic carbocycles. The van der Waals surface area contributed by atoms with E-state index < -0.39 is 0 Å². The third-order valence-corrected chi connectivity index (χ3v) is 4.55. The second kappa shape index (κ2) is 11.5. The number of aliphatic hydroxyl groups is 3. The molecule has 0 spiro atoms. The van der Waals surface area contributed by atoms with Crippen LogP contribution in [-0.4, -0.2) is 58.7 Å². The monoisotopic (exact) mass is 287 g/mol. The molecule has 0 radical (unpaired) electrons. The minimum Gasteiger partial charge on any atom is -0.395 e. The van der Waals surface area contributed by atoms with Gasteiger partial charge < -0.3 is 15.3 Å². The topological polar surface area (TPSA) is 63.9 Å². The highest BCUT2D eigenvalue weighted by Crippen LogP contribution is 2.29. The van der Waals surface area contributed by atoms with E-state index in [2.05, 4.69) is 4.90 Å². The highest BCUT2D eigenvalue weighted by atomic mass is 16.3. The number of nitrogens with zero attached hydrogens (tertiary/aromatic N) is 1. The van der Waals surface area contributed by atoms with Crippen molar-refractivity contribution in [1.82, 2.24) is 4.90 Å². The van der Waals surface area contributed by atoms with E-state index >= 15 is 0 Å². The van der Waals surface area contributed by atoms with E-state index in [4.69, 9.17) is 10.2 Å². The second-order valence-electron chi connectivity index (χ2n) is 5.99. The summed E-state index contributed by atoms with van der Waals surface area (Å²) in [6.45, 7) is 1.00. The molecule has 0 aromatic rings. The van der Waals surface area contributed by atoms with Crippen molar-refractivity contribution in [3.05, 3.63) is 0 Å². The molecule has 2 rings (SSSR count). The van der Waals surface area contributed by atoms with E-state index in [-0.39, 0.29) is 13.2 Å². The molecule has 0 aromatic heterocycles. The molecular formula is C16H33NO3. The maximum Gasteiger partial charge on any atom is 0.0662 e. The van der Waals surface area contributed by atoms with E-state index in [0.717, 1.165) is 18.6 Å². The summed E-state index contributed by atoms with van der Waals surface area (Å²) < 4.78 is 0. The average molecular weight is 287 g/mol. The van der Waals surface area contributed by atoms with Crippen molar-refractivity contribution in [2.45, 2.75) is 76.3 Å². The summed E-state index contributed by atoms with van der Waals surface area (Å²) in [6, 6.07) is 1.56. The summed E-state index contributed by atoms with van der Waals surface area (Å²) in [5.41, 5.74) is 0. The summed E-state index contributed by atoms with van der Waals surface area (Å²) in [5, 5.41) is 24.5. The van der Waals surface area contributed by atoms with Crippen LogP contribution in [0.15, 0.2) is 0 Å². The van der Waals surface area contributed by atoms with Crippen molar-refractivity contribution in [2.24, 2.45) is 0 Å². The molecular weight excluding hydrogens is 254 g/mol. The van der Waals surface area contributed by atoms with Crippen molar-refractivity contribution in [2.75, 3.05) is 26.4 Å². The van der Waals surface area contributed by atoms with Crippen LogP contribution in [0.25, 0.3) is 0 Å². The Bertz CT molecular complexity index is 194. The minimum absolute atomic E-state index is 0.125. The summed E-state index contributed by atoms with van der Waals surface area (Å²) in [7, 11) is 0. The van der Waals surface area contributed by atoms with Crippen LogP contribution in [0.3, 0.4) is 0 Å². The quantitative estimate of drug-likeness (QED) is 0.723. The van der Waals surface area contributed by atoms with Gasteiger partial charge >= 0.3 is 0 Å². The largest absolute Gasteiger partial charge is 0.395 e. The van der Waals surface area contributed by atoms with E-state index in [9.17, 15) is 5.11 Å². The van der Waals surface area contributed by atoms with Crippen LogP contribution < -0.4 is 0 Å². The number of hydrogen-bond acceptors (Lipinski definition) is 4. The first-order chi connectivity index (χ1) is 9.83. The fourth-order valence-electron chi connectivity index (χ4n) is 3.60. The normalized spacial score (nSPS) is 21.6. The maximum absolute atomic E-state index is 9.26. The molecule has 20 heavy (non-hydrogen) atoms. The van der Waals surface area contributed by atoms with Crippen LogP contribution in [0.1, 0.15) is 64.2 Å². The van der Waals surface area contributed by atoms with Crippen LogP contribution >= 0.6 is 0 Å². The molecule has 0 bridgehead atoms. The predicted octanol–water partition coefficient (Wildman–Crippen LogP) is 1.92. The van der Waals surface area contributed by atoms with Gasteiger partial charge in [-0.1, -0.05) is 38.5 Å². The lowest BCUT2D eigenvalue weighted by Gasteiger charge is -2.41. The Morgan fingerprint density at radius 2 is 1.00 bits per heavy atom. The first-order valence-electron chi connectivity index (χ1n) is 8.41. The Hall–Kier alpha value is -0.160. The van der Waals surface area contributed by atoms with Crippen molar-refractivity contribution in [1.29, 1.82) is 0 Å². The number of rotatable bonds is 5. The van der Waals surface area contributed by atoms with Gasteiger partial charge in [0.15, 0.2) is 0 Å². The SMILES string of the molecule is OCCN(C1CCCCC1)C1CCCCC1.OCCO. The van der Waals surface area contributed by atoms with Gasteiger partial charge in [-0.25, -0.2) is 0 Å². The summed E-state index contributed by atoms with van der Waals surface area (Å²) in [6.07, 6.45) is 13.9. The van der Waals surface area contributed by atoms with Crippen LogP contribution in [0, 0.1) is 0 Å². The van der Waals surface area contributed by atoms with Crippen LogP contribution in [0.4, 0.5) is 0 Å². The standard InChI is InChI=1S/C14H27NO.C2H6O2/c16-12-11-15(13-7-3-1-4-8-13)14-9-5-2-6-10-14;3-1-2-4/h13-14,16H,1-12H2;3-4H,1-2H2. The molecule has 2 aliphatic rings. The molecule has 0 amide bonds. The van der Waals surface area contributed by atoms with Crippen molar-refractivity contribution < 1.29 is 15.3 Å². The average Bonchev–Trinajstić information content (AvgIpc) is 2.54. The number of hydrogen-bond donors (Lipinski definition) is 3. The Morgan fingerprint density at radius 3 is 1.30 bits per heavy atom. The van der Waals surface area contributed by atoms with Crippen LogP contribution in [0.5, 0.6) is 0 Å². The molecule has 2 saturated carbocycles. The van der Waals surface area contributed by atoms with E-state index in [1.165, 1.54) is 64.2 Å². The lowest BCUT2D eigenvalue weighted by molar-refractivity contribution is 0.0621. The van der Waals surface area contributed by atoms with Gasteiger partial charge in [0.2, 0.25) is 0 Å². The molecule has 0 unspecified atom stereocenters. The lowest BCUT2D eigenvalue weighted by atomic mass is 9.88. The molecule has 4 heteroatoms. The summed E-state index contributed by atoms with van der Waals surface area (Å²) >= 11 is 0. The fraction of sp³-hybridized carbons (Fsp3) is 1.00. The zero-order valence-corrected chi connectivity index (χ0v) is 12.8. The van der Waals surface area contributed by atoms with Gasteiger partial charge in [0.1, 0.15) is 0 Å². The van der Waals surface area contributed by atoms with E-state index in [0.29, 0.717) is 6.61 Å². The van der Waals surface area contributed by atoms with Gasteiger partial charge in [-0.2, -0.15) is 0 Å². The lowest BCUT2D eigenvalue weighted by Crippen LogP contribution is -2.46. The Kier molecular flexibility index (Phi) is 10.3. The molecule has 3 N–H and O–H groups in total. The van der Waals surface area contributed by atoms with Crippen molar-refractivity contribution in [3.8, 4) is 0 Å². The van der Waals surface area contributed by atoms with Crippen molar-refractivity contribution in [3.63, 3.8) is 0 Å². The minimum atomic E-state index is -0.125. The molecule has 0 atom stereocenters. The third kappa shape index (κ3) is 6.53. The first-order valence-corrected chi connectivity index (χ1v) is 8.41. The smallest absolute Gasteiger partial charge is 0.0662 e. The van der Waals surface area contributed by atoms with Gasteiger partial charge in [0.25, 0.3) is 0 Å². The summed E-state index contributed by atoms with van der Waals surface area (Å²) in [5.74, 6) is 0. The second-order valence-corrected chi connectivity index (χ2v) is 5.99. The Morgan fingerprint density at radius 1 is 0.600 bits per heavy atom. The molecule has 0 saturated heterocycles. The third-order valence-electron chi connectivity index (χ3n) is 4.55. The van der Waals surface area contributed by atoms with E-state index in [1.54, 1.807) is 0 Å². The zero-order valence-electron chi connectivity index (χ0n) is 12.8. The molecule has 4 nitrogen and oxygen atoms in total. The zero-order chi connectivity index (χ0) is 14.6. The molecule has 120 valence electrons. The van der Waals surface area contributed by atoms with Crippen molar-refractivity contribution >= 4 is 0 Å². The van der Waals surface area contributed by atoms with Crippen LogP contribution in [-0.2, 0) is 0 Å². The molecule has 0 aromatic carbocycles. The summed E-state index contributed by atoms with van der Waals surface area (Å²) in [4.78, 5) is 2.65. The highest BCUT2D eigenvalue weighted by Gasteiger charge is 2.27. The van der Waals surface area contributed by atoms with Gasteiger partial charge in [-0.05, 0) is 25.7 Å². The Balaban J connectivity index is 0.000000444. The maximum atomic E-state index is 9.26.